The van der Waals surface area contributed by atoms with Gasteiger partial charge in [0.25, 0.3) is 0 Å². The minimum absolute atomic E-state index is 0.0211. The summed E-state index contributed by atoms with van der Waals surface area (Å²) in [6, 6.07) is 27.1. The molecule has 0 spiro atoms. The molecule has 0 amide bonds. The largest absolute Gasteiger partial charge is 0.482 e. The summed E-state index contributed by atoms with van der Waals surface area (Å²) in [5, 5.41) is 3.42. The first-order chi connectivity index (χ1) is 13.3. The molecule has 1 unspecified atom stereocenters. The second-order valence-corrected chi connectivity index (χ2v) is 6.92. The Kier molecular flexibility index (Phi) is 5.52. The van der Waals surface area contributed by atoms with Crippen LogP contribution in [-0.4, -0.2) is 25.8 Å². The van der Waals surface area contributed by atoms with Crippen molar-refractivity contribution in [1.29, 1.82) is 0 Å². The quantitative estimate of drug-likeness (QED) is 0.712. The van der Waals surface area contributed by atoms with Crippen LogP contribution in [0.25, 0.3) is 11.1 Å². The molecule has 3 heteroatoms. The number of ether oxygens (including phenoxy) is 2. The van der Waals surface area contributed by atoms with Gasteiger partial charge < -0.3 is 14.8 Å². The maximum atomic E-state index is 6.59. The molecule has 3 aromatic rings. The summed E-state index contributed by atoms with van der Waals surface area (Å²) in [7, 11) is 0. The van der Waals surface area contributed by atoms with E-state index in [1.807, 2.05) is 30.3 Å². The molecule has 3 nitrogen and oxygen atoms in total. The SMILES string of the molecule is Cc1ccc(-c2ccccc2O[C@@H](c2ccccc2)C2CNCCO2)cc1. The topological polar surface area (TPSA) is 30.5 Å². The van der Waals surface area contributed by atoms with Crippen molar-refractivity contribution in [3.05, 3.63) is 90.0 Å². The fraction of sp³-hybridized carbons (Fsp3) is 0.250. The number of nitrogens with one attached hydrogen (secondary N) is 1. The molecule has 1 aliphatic rings. The van der Waals surface area contributed by atoms with Gasteiger partial charge in [-0.05, 0) is 24.1 Å². The average molecular weight is 359 g/mol. The van der Waals surface area contributed by atoms with Crippen LogP contribution in [0.15, 0.2) is 78.9 Å². The molecule has 2 atom stereocenters. The van der Waals surface area contributed by atoms with Gasteiger partial charge in [-0.1, -0.05) is 78.4 Å². The number of aryl methyl sites for hydroxylation is 1. The lowest BCUT2D eigenvalue weighted by Crippen LogP contribution is -2.43. The summed E-state index contributed by atoms with van der Waals surface area (Å²) in [4.78, 5) is 0. The number of hydrogen-bond acceptors (Lipinski definition) is 3. The van der Waals surface area contributed by atoms with Crippen LogP contribution in [0.3, 0.4) is 0 Å². The monoisotopic (exact) mass is 359 g/mol. The minimum atomic E-state index is -0.161. The Morgan fingerprint density at radius 3 is 2.41 bits per heavy atom. The highest BCUT2D eigenvalue weighted by Crippen LogP contribution is 2.35. The third-order valence-electron chi connectivity index (χ3n) is 4.93. The summed E-state index contributed by atoms with van der Waals surface area (Å²) in [6.45, 7) is 4.48. The average Bonchev–Trinajstić information content (AvgIpc) is 2.74. The first-order valence-corrected chi connectivity index (χ1v) is 9.51. The van der Waals surface area contributed by atoms with Crippen LogP contribution in [0.5, 0.6) is 5.75 Å². The molecule has 1 fully saturated rings. The number of rotatable bonds is 5. The molecule has 1 N–H and O–H groups in total. The van der Waals surface area contributed by atoms with Crippen LogP contribution in [0.2, 0.25) is 0 Å². The predicted molar refractivity (Wildman–Crippen MR) is 109 cm³/mol. The van der Waals surface area contributed by atoms with Crippen molar-refractivity contribution in [3.8, 4) is 16.9 Å². The van der Waals surface area contributed by atoms with Gasteiger partial charge in [-0.2, -0.15) is 0 Å². The lowest BCUT2D eigenvalue weighted by molar-refractivity contribution is -0.0430. The van der Waals surface area contributed by atoms with Gasteiger partial charge in [-0.3, -0.25) is 0 Å². The first kappa shape index (κ1) is 17.8. The zero-order valence-corrected chi connectivity index (χ0v) is 15.6. The van der Waals surface area contributed by atoms with E-state index in [0.29, 0.717) is 6.61 Å². The van der Waals surface area contributed by atoms with E-state index in [2.05, 4.69) is 60.8 Å². The van der Waals surface area contributed by atoms with Crippen LogP contribution < -0.4 is 10.1 Å². The number of morpholine rings is 1. The second-order valence-electron chi connectivity index (χ2n) is 6.92. The number of hydrogen-bond donors (Lipinski definition) is 1. The fourth-order valence-corrected chi connectivity index (χ4v) is 3.46. The predicted octanol–water partition coefficient (Wildman–Crippen LogP) is 4.77. The van der Waals surface area contributed by atoms with Crippen LogP contribution in [0, 0.1) is 6.92 Å². The second kappa shape index (κ2) is 8.38. The Bertz CT molecular complexity index is 855. The van der Waals surface area contributed by atoms with Crippen molar-refractivity contribution in [2.75, 3.05) is 19.7 Å². The van der Waals surface area contributed by atoms with Gasteiger partial charge in [0.1, 0.15) is 11.9 Å². The molecule has 0 aliphatic carbocycles. The van der Waals surface area contributed by atoms with E-state index in [1.54, 1.807) is 0 Å². The highest BCUT2D eigenvalue weighted by Gasteiger charge is 2.28. The maximum absolute atomic E-state index is 6.59. The van der Waals surface area contributed by atoms with E-state index in [1.165, 1.54) is 5.56 Å². The van der Waals surface area contributed by atoms with Gasteiger partial charge in [-0.25, -0.2) is 0 Å². The van der Waals surface area contributed by atoms with Crippen molar-refractivity contribution in [2.24, 2.45) is 0 Å². The van der Waals surface area contributed by atoms with E-state index >= 15 is 0 Å². The summed E-state index contributed by atoms with van der Waals surface area (Å²) in [6.07, 6.45) is -0.183. The smallest absolute Gasteiger partial charge is 0.151 e. The van der Waals surface area contributed by atoms with Crippen LogP contribution >= 0.6 is 0 Å². The van der Waals surface area contributed by atoms with Gasteiger partial charge in [-0.15, -0.1) is 0 Å². The van der Waals surface area contributed by atoms with E-state index in [-0.39, 0.29) is 12.2 Å². The standard InChI is InChI=1S/C24H25NO2/c1-18-11-13-19(14-12-18)21-9-5-6-10-22(21)27-24(20-7-3-2-4-8-20)23-17-25-15-16-26-23/h2-14,23-25H,15-17H2,1H3/t23?,24-/m0/s1. The van der Waals surface area contributed by atoms with Gasteiger partial charge in [0.2, 0.25) is 0 Å². The molecule has 138 valence electrons. The summed E-state index contributed by atoms with van der Waals surface area (Å²) in [5.41, 5.74) is 4.64. The molecule has 4 rings (SSSR count). The van der Waals surface area contributed by atoms with Gasteiger partial charge in [0, 0.05) is 18.7 Å². The molecule has 0 saturated carbocycles. The zero-order chi connectivity index (χ0) is 18.5. The van der Waals surface area contributed by atoms with Gasteiger partial charge >= 0.3 is 0 Å². The van der Waals surface area contributed by atoms with Crippen LogP contribution in [0.1, 0.15) is 17.2 Å². The van der Waals surface area contributed by atoms with Crippen LogP contribution in [0.4, 0.5) is 0 Å². The summed E-state index contributed by atoms with van der Waals surface area (Å²) < 4.78 is 12.6. The third-order valence-corrected chi connectivity index (χ3v) is 4.93. The molecule has 0 bridgehead atoms. The van der Waals surface area contributed by atoms with Crippen molar-refractivity contribution in [1.82, 2.24) is 5.32 Å². The van der Waals surface area contributed by atoms with Gasteiger partial charge in [0.05, 0.1) is 6.61 Å². The lowest BCUT2D eigenvalue weighted by atomic mass is 10.0. The molecule has 1 heterocycles. The molecule has 0 radical (unpaired) electrons. The van der Waals surface area contributed by atoms with Crippen molar-refractivity contribution in [3.63, 3.8) is 0 Å². The lowest BCUT2D eigenvalue weighted by Gasteiger charge is -2.32. The summed E-state index contributed by atoms with van der Waals surface area (Å²) in [5.74, 6) is 0.879. The Morgan fingerprint density at radius 2 is 1.67 bits per heavy atom. The zero-order valence-electron chi connectivity index (χ0n) is 15.6. The van der Waals surface area contributed by atoms with E-state index in [0.717, 1.165) is 35.5 Å². The van der Waals surface area contributed by atoms with E-state index < -0.39 is 0 Å². The van der Waals surface area contributed by atoms with E-state index in [9.17, 15) is 0 Å². The Morgan fingerprint density at radius 1 is 0.926 bits per heavy atom. The number of para-hydroxylation sites is 1. The third kappa shape index (κ3) is 4.21. The molecule has 27 heavy (non-hydrogen) atoms. The molecule has 3 aromatic carbocycles. The van der Waals surface area contributed by atoms with Crippen LogP contribution in [-0.2, 0) is 4.74 Å². The summed E-state index contributed by atoms with van der Waals surface area (Å²) >= 11 is 0. The Labute approximate surface area is 161 Å². The first-order valence-electron chi connectivity index (χ1n) is 9.51. The Balaban J connectivity index is 1.68. The molecule has 1 aliphatic heterocycles. The van der Waals surface area contributed by atoms with Crippen molar-refractivity contribution < 1.29 is 9.47 Å². The van der Waals surface area contributed by atoms with E-state index in [4.69, 9.17) is 9.47 Å². The molecular formula is C24H25NO2. The number of benzene rings is 3. The Hall–Kier alpha value is -2.62. The fourth-order valence-electron chi connectivity index (χ4n) is 3.46. The van der Waals surface area contributed by atoms with Gasteiger partial charge in [0.15, 0.2) is 6.10 Å². The normalized spacial score (nSPS) is 18.0. The van der Waals surface area contributed by atoms with Crippen molar-refractivity contribution in [2.45, 2.75) is 19.1 Å². The minimum Gasteiger partial charge on any atom is -0.482 e. The highest BCUT2D eigenvalue weighted by molar-refractivity contribution is 5.70. The molecule has 0 aromatic heterocycles. The maximum Gasteiger partial charge on any atom is 0.151 e. The highest BCUT2D eigenvalue weighted by atomic mass is 16.5. The molecular weight excluding hydrogens is 334 g/mol. The van der Waals surface area contributed by atoms with Crippen molar-refractivity contribution >= 4 is 0 Å². The molecule has 1 saturated heterocycles.